The second kappa shape index (κ2) is 10.0. The van der Waals surface area contributed by atoms with Crippen molar-refractivity contribution in [3.63, 3.8) is 0 Å². The van der Waals surface area contributed by atoms with Crippen molar-refractivity contribution < 1.29 is 4.79 Å². The number of aryl methyl sites for hydroxylation is 1. The Morgan fingerprint density at radius 2 is 2.11 bits per heavy atom. The molecule has 0 aliphatic carbocycles. The van der Waals surface area contributed by atoms with Crippen LogP contribution in [0.2, 0.25) is 0 Å². The molecule has 146 valence electrons. The van der Waals surface area contributed by atoms with Gasteiger partial charge in [0, 0.05) is 44.7 Å². The fourth-order valence-electron chi connectivity index (χ4n) is 3.08. The first-order valence-electron chi connectivity index (χ1n) is 8.79. The van der Waals surface area contributed by atoms with Crippen LogP contribution < -0.4 is 10.2 Å². The number of anilines is 1. The molecule has 0 radical (unpaired) electrons. The summed E-state index contributed by atoms with van der Waals surface area (Å²) in [5, 5.41) is 6.54. The molecule has 2 heterocycles. The van der Waals surface area contributed by atoms with Gasteiger partial charge in [0.1, 0.15) is 0 Å². The second-order valence-corrected chi connectivity index (χ2v) is 7.49. The number of carbonyl (C=O) groups is 1. The predicted molar refractivity (Wildman–Crippen MR) is 122 cm³/mol. The highest BCUT2D eigenvalue weighted by Crippen LogP contribution is 2.21. The Kier molecular flexibility index (Phi) is 8.03. The Labute approximate surface area is 181 Å². The van der Waals surface area contributed by atoms with E-state index in [1.165, 1.54) is 0 Å². The van der Waals surface area contributed by atoms with Gasteiger partial charge in [-0.2, -0.15) is 0 Å². The molecule has 1 N–H and O–H groups in total. The van der Waals surface area contributed by atoms with Gasteiger partial charge in [-0.25, -0.2) is 4.98 Å². The first-order valence-corrected chi connectivity index (χ1v) is 9.67. The lowest BCUT2D eigenvalue weighted by atomic mass is 10.2. The molecule has 8 heteroatoms. The van der Waals surface area contributed by atoms with Crippen LogP contribution in [0.25, 0.3) is 0 Å². The molecular formula is C19H26IN5OS. The Bertz CT molecular complexity index is 790. The maximum Gasteiger partial charge on any atom is 0.227 e. The number of hydrogen-bond donors (Lipinski definition) is 1. The molecule has 2 aromatic rings. The minimum atomic E-state index is 0. The van der Waals surface area contributed by atoms with Crippen LogP contribution in [0.5, 0.6) is 0 Å². The summed E-state index contributed by atoms with van der Waals surface area (Å²) in [6.07, 6.45) is 1.60. The number of guanidine groups is 1. The van der Waals surface area contributed by atoms with Crippen LogP contribution in [-0.4, -0.2) is 42.4 Å². The number of thiazole rings is 1. The van der Waals surface area contributed by atoms with Crippen molar-refractivity contribution in [2.45, 2.75) is 32.9 Å². The number of carbonyl (C=O) groups excluding carboxylic acids is 1. The molecule has 0 unspecified atom stereocenters. The molecule has 6 nitrogen and oxygen atoms in total. The summed E-state index contributed by atoms with van der Waals surface area (Å²) in [6.45, 7) is 4.24. The van der Waals surface area contributed by atoms with E-state index in [2.05, 4.69) is 37.7 Å². The van der Waals surface area contributed by atoms with Crippen molar-refractivity contribution in [2.24, 2.45) is 4.99 Å². The lowest BCUT2D eigenvalue weighted by Crippen LogP contribution is -2.38. The zero-order valence-electron chi connectivity index (χ0n) is 15.9. The molecule has 1 saturated heterocycles. The van der Waals surface area contributed by atoms with E-state index in [1.807, 2.05) is 31.0 Å². The third-order valence-corrected chi connectivity index (χ3v) is 5.23. The molecule has 0 spiro atoms. The van der Waals surface area contributed by atoms with Gasteiger partial charge in [0.15, 0.2) is 5.96 Å². The van der Waals surface area contributed by atoms with E-state index in [-0.39, 0.29) is 29.9 Å². The molecule has 1 aliphatic rings. The van der Waals surface area contributed by atoms with Crippen LogP contribution in [0.3, 0.4) is 0 Å². The Balaban J connectivity index is 0.00000261. The Morgan fingerprint density at radius 3 is 2.67 bits per heavy atom. The molecule has 1 fully saturated rings. The zero-order chi connectivity index (χ0) is 18.5. The predicted octanol–water partition coefficient (Wildman–Crippen LogP) is 3.40. The maximum absolute atomic E-state index is 11.8. The third-order valence-electron chi connectivity index (χ3n) is 4.41. The first kappa shape index (κ1) is 21.6. The van der Waals surface area contributed by atoms with Crippen LogP contribution in [0.4, 0.5) is 5.69 Å². The summed E-state index contributed by atoms with van der Waals surface area (Å²) in [5.74, 6) is 1.05. The molecule has 0 atom stereocenters. The fourth-order valence-corrected chi connectivity index (χ4v) is 3.68. The van der Waals surface area contributed by atoms with Gasteiger partial charge >= 0.3 is 0 Å². The van der Waals surface area contributed by atoms with E-state index >= 15 is 0 Å². The average Bonchev–Trinajstić information content (AvgIpc) is 3.24. The minimum Gasteiger partial charge on any atom is -0.352 e. The quantitative estimate of drug-likeness (QED) is 0.389. The van der Waals surface area contributed by atoms with Crippen molar-refractivity contribution in [3.05, 3.63) is 45.9 Å². The standard InChI is InChI=1S/C19H25N5OS.HI/c1-14-22-16(13-26-14)12-23(3)19(20-2)21-11-15-6-8-17(9-7-15)24-10-4-5-18(24)25;/h6-9,13H,4-5,10-12H2,1-3H3,(H,20,21);1H. The van der Waals surface area contributed by atoms with Gasteiger partial charge in [-0.3, -0.25) is 9.79 Å². The molecular weight excluding hydrogens is 473 g/mol. The van der Waals surface area contributed by atoms with Gasteiger partial charge < -0.3 is 15.1 Å². The molecule has 1 aromatic heterocycles. The summed E-state index contributed by atoms with van der Waals surface area (Å²) in [7, 11) is 3.79. The van der Waals surface area contributed by atoms with Gasteiger partial charge in [-0.05, 0) is 31.0 Å². The summed E-state index contributed by atoms with van der Waals surface area (Å²) >= 11 is 1.66. The molecule has 1 aromatic carbocycles. The molecule has 1 aliphatic heterocycles. The van der Waals surface area contributed by atoms with Crippen molar-refractivity contribution in [2.75, 3.05) is 25.5 Å². The van der Waals surface area contributed by atoms with E-state index in [9.17, 15) is 4.79 Å². The van der Waals surface area contributed by atoms with Crippen LogP contribution in [0, 0.1) is 6.92 Å². The number of aliphatic imine (C=N–C) groups is 1. The van der Waals surface area contributed by atoms with Gasteiger partial charge in [0.05, 0.1) is 17.2 Å². The van der Waals surface area contributed by atoms with Crippen LogP contribution >= 0.6 is 35.3 Å². The maximum atomic E-state index is 11.8. The van der Waals surface area contributed by atoms with Gasteiger partial charge in [-0.15, -0.1) is 35.3 Å². The normalized spacial score (nSPS) is 14.3. The molecule has 0 bridgehead atoms. The van der Waals surface area contributed by atoms with Crippen LogP contribution in [0.15, 0.2) is 34.6 Å². The number of aromatic nitrogens is 1. The summed E-state index contributed by atoms with van der Waals surface area (Å²) < 4.78 is 0. The van der Waals surface area contributed by atoms with Crippen molar-refractivity contribution >= 4 is 52.9 Å². The Morgan fingerprint density at radius 1 is 1.37 bits per heavy atom. The molecule has 0 saturated carbocycles. The lowest BCUT2D eigenvalue weighted by Gasteiger charge is -2.21. The average molecular weight is 499 g/mol. The fraction of sp³-hybridized carbons (Fsp3) is 0.421. The van der Waals surface area contributed by atoms with Crippen molar-refractivity contribution in [1.29, 1.82) is 0 Å². The Hall–Kier alpha value is -1.68. The SMILES string of the molecule is CN=C(NCc1ccc(N2CCCC2=O)cc1)N(C)Cc1csc(C)n1.I. The number of nitrogens with zero attached hydrogens (tertiary/aromatic N) is 4. The highest BCUT2D eigenvalue weighted by atomic mass is 127. The summed E-state index contributed by atoms with van der Waals surface area (Å²) in [4.78, 5) is 24.6. The number of amides is 1. The van der Waals surface area contributed by atoms with E-state index in [0.29, 0.717) is 13.0 Å². The second-order valence-electron chi connectivity index (χ2n) is 6.43. The van der Waals surface area contributed by atoms with Crippen LogP contribution in [-0.2, 0) is 17.9 Å². The highest BCUT2D eigenvalue weighted by molar-refractivity contribution is 14.0. The largest absolute Gasteiger partial charge is 0.352 e. The zero-order valence-corrected chi connectivity index (χ0v) is 19.1. The van der Waals surface area contributed by atoms with E-state index in [4.69, 9.17) is 0 Å². The third kappa shape index (κ3) is 5.65. The number of halogens is 1. The number of hydrogen-bond acceptors (Lipinski definition) is 4. The lowest BCUT2D eigenvalue weighted by molar-refractivity contribution is -0.117. The number of benzene rings is 1. The van der Waals surface area contributed by atoms with Crippen LogP contribution in [0.1, 0.15) is 29.1 Å². The van der Waals surface area contributed by atoms with Gasteiger partial charge in [0.2, 0.25) is 5.91 Å². The van der Waals surface area contributed by atoms with E-state index in [1.54, 1.807) is 18.4 Å². The first-order chi connectivity index (χ1) is 12.6. The highest BCUT2D eigenvalue weighted by Gasteiger charge is 2.21. The molecule has 3 rings (SSSR count). The van der Waals surface area contributed by atoms with Gasteiger partial charge in [0.25, 0.3) is 0 Å². The smallest absolute Gasteiger partial charge is 0.227 e. The summed E-state index contributed by atoms with van der Waals surface area (Å²) in [5.41, 5.74) is 3.19. The van der Waals surface area contributed by atoms with Crippen molar-refractivity contribution in [1.82, 2.24) is 15.2 Å². The minimum absolute atomic E-state index is 0. The number of nitrogens with one attached hydrogen (secondary N) is 1. The van der Waals surface area contributed by atoms with Crippen molar-refractivity contribution in [3.8, 4) is 0 Å². The topological polar surface area (TPSA) is 60.8 Å². The van der Waals surface area contributed by atoms with E-state index in [0.717, 1.165) is 47.4 Å². The molecule has 27 heavy (non-hydrogen) atoms. The monoisotopic (exact) mass is 499 g/mol. The summed E-state index contributed by atoms with van der Waals surface area (Å²) in [6, 6.07) is 8.16. The number of rotatable bonds is 5. The van der Waals surface area contributed by atoms with Gasteiger partial charge in [-0.1, -0.05) is 12.1 Å². The van der Waals surface area contributed by atoms with E-state index < -0.39 is 0 Å². The molecule has 1 amide bonds.